The monoisotopic (exact) mass is 279 g/mol. The van der Waals surface area contributed by atoms with Crippen LogP contribution in [0.5, 0.6) is 0 Å². The van der Waals surface area contributed by atoms with E-state index in [9.17, 15) is 13.2 Å². The summed E-state index contributed by atoms with van der Waals surface area (Å²) >= 11 is 0. The lowest BCUT2D eigenvalue weighted by atomic mass is 10.3. The van der Waals surface area contributed by atoms with Gasteiger partial charge < -0.3 is 9.88 Å². The van der Waals surface area contributed by atoms with Crippen LogP contribution in [-0.2, 0) is 26.8 Å². The van der Waals surface area contributed by atoms with E-state index in [-0.39, 0.29) is 17.4 Å². The third-order valence-electron chi connectivity index (χ3n) is 2.26. The van der Waals surface area contributed by atoms with E-state index in [0.29, 0.717) is 18.8 Å². The lowest BCUT2D eigenvalue weighted by Crippen LogP contribution is -2.19. The maximum Gasteiger partial charge on any atom is 0.280 e. The molecule has 17 heavy (non-hydrogen) atoms. The summed E-state index contributed by atoms with van der Waals surface area (Å²) in [6.45, 7) is 2.23. The van der Waals surface area contributed by atoms with E-state index in [4.69, 9.17) is 10.7 Å². The molecular weight excluding hydrogens is 266 g/mol. The number of aryl methyl sites for hydroxylation is 2. The van der Waals surface area contributed by atoms with Gasteiger partial charge in [-0.25, -0.2) is 13.4 Å². The van der Waals surface area contributed by atoms with Gasteiger partial charge in [-0.05, 0) is 0 Å². The molecule has 0 aliphatic heterocycles. The standard InChI is InChI=1S/C9H14ClN3O3S/c1-3-7-12-9(17(10,15)16)6-13(7)5-4-8(14)11-2/h6H,3-5H2,1-2H3,(H,11,14). The Kier molecular flexibility index (Phi) is 4.53. The van der Waals surface area contributed by atoms with Crippen LogP contribution in [0.25, 0.3) is 0 Å². The van der Waals surface area contributed by atoms with Gasteiger partial charge >= 0.3 is 0 Å². The van der Waals surface area contributed by atoms with E-state index in [1.807, 2.05) is 6.92 Å². The SMILES string of the molecule is CCc1nc(S(=O)(=O)Cl)cn1CCC(=O)NC. The van der Waals surface area contributed by atoms with Gasteiger partial charge in [0.25, 0.3) is 9.05 Å². The Morgan fingerprint density at radius 1 is 1.59 bits per heavy atom. The topological polar surface area (TPSA) is 81.1 Å². The second-order valence-corrected chi connectivity index (χ2v) is 5.92. The lowest BCUT2D eigenvalue weighted by molar-refractivity contribution is -0.120. The summed E-state index contributed by atoms with van der Waals surface area (Å²) in [4.78, 5) is 15.0. The van der Waals surface area contributed by atoms with Gasteiger partial charge in [0.1, 0.15) is 5.82 Å². The van der Waals surface area contributed by atoms with E-state index in [1.54, 1.807) is 11.6 Å². The highest BCUT2D eigenvalue weighted by molar-refractivity contribution is 8.13. The van der Waals surface area contributed by atoms with Gasteiger partial charge in [0, 0.05) is 43.3 Å². The molecule has 0 saturated carbocycles. The first kappa shape index (κ1) is 14.0. The van der Waals surface area contributed by atoms with Crippen molar-refractivity contribution >= 4 is 25.6 Å². The van der Waals surface area contributed by atoms with Crippen molar-refractivity contribution in [3.05, 3.63) is 12.0 Å². The van der Waals surface area contributed by atoms with Crippen LogP contribution in [0.4, 0.5) is 0 Å². The fourth-order valence-corrected chi connectivity index (χ4v) is 2.06. The van der Waals surface area contributed by atoms with Crippen molar-refractivity contribution in [2.45, 2.75) is 31.3 Å². The summed E-state index contributed by atoms with van der Waals surface area (Å²) in [5.41, 5.74) is 0. The quantitative estimate of drug-likeness (QED) is 0.796. The van der Waals surface area contributed by atoms with Crippen LogP contribution in [-0.4, -0.2) is 30.9 Å². The van der Waals surface area contributed by atoms with Gasteiger partial charge in [-0.3, -0.25) is 4.79 Å². The van der Waals surface area contributed by atoms with Gasteiger partial charge in [0.2, 0.25) is 5.91 Å². The maximum absolute atomic E-state index is 11.1. The molecule has 1 aromatic rings. The highest BCUT2D eigenvalue weighted by atomic mass is 35.7. The Balaban J connectivity index is 2.92. The molecule has 1 amide bonds. The average molecular weight is 280 g/mol. The Hall–Kier alpha value is -1.08. The third kappa shape index (κ3) is 3.71. The number of halogens is 1. The van der Waals surface area contributed by atoms with Crippen LogP contribution in [0, 0.1) is 0 Å². The zero-order valence-corrected chi connectivity index (χ0v) is 11.2. The van der Waals surface area contributed by atoms with Crippen molar-refractivity contribution in [2.75, 3.05) is 7.05 Å². The Morgan fingerprint density at radius 3 is 2.71 bits per heavy atom. The number of nitrogens with zero attached hydrogens (tertiary/aromatic N) is 2. The second-order valence-electron chi connectivity index (χ2n) is 3.40. The molecule has 6 nitrogen and oxygen atoms in total. The number of hydrogen-bond acceptors (Lipinski definition) is 4. The summed E-state index contributed by atoms with van der Waals surface area (Å²) in [5.74, 6) is 0.476. The molecule has 8 heteroatoms. The first-order valence-electron chi connectivity index (χ1n) is 5.09. The molecule has 1 heterocycles. The first-order chi connectivity index (χ1) is 7.88. The summed E-state index contributed by atoms with van der Waals surface area (Å²) in [5, 5.41) is 2.32. The van der Waals surface area contributed by atoms with Crippen molar-refractivity contribution < 1.29 is 13.2 Å². The molecule has 0 bridgehead atoms. The van der Waals surface area contributed by atoms with E-state index in [0.717, 1.165) is 0 Å². The summed E-state index contributed by atoms with van der Waals surface area (Å²) in [6.07, 6.45) is 2.19. The minimum atomic E-state index is -3.82. The van der Waals surface area contributed by atoms with Crippen LogP contribution in [0.15, 0.2) is 11.2 Å². The summed E-state index contributed by atoms with van der Waals surface area (Å²) in [7, 11) is 2.94. The molecule has 0 saturated heterocycles. The fourth-order valence-electron chi connectivity index (χ4n) is 1.37. The summed E-state index contributed by atoms with van der Waals surface area (Å²) in [6, 6.07) is 0. The number of carbonyl (C=O) groups excluding carboxylic acids is 1. The van der Waals surface area contributed by atoms with Crippen molar-refractivity contribution in [1.82, 2.24) is 14.9 Å². The number of imidazole rings is 1. The van der Waals surface area contributed by atoms with Gasteiger partial charge in [0.15, 0.2) is 5.03 Å². The molecule has 1 rings (SSSR count). The molecule has 0 aromatic carbocycles. The van der Waals surface area contributed by atoms with Crippen molar-refractivity contribution in [1.29, 1.82) is 0 Å². The highest BCUT2D eigenvalue weighted by Crippen LogP contribution is 2.15. The largest absolute Gasteiger partial charge is 0.359 e. The number of carbonyl (C=O) groups is 1. The molecule has 0 aliphatic rings. The average Bonchev–Trinajstić information content (AvgIpc) is 2.68. The van der Waals surface area contributed by atoms with Gasteiger partial charge in [-0.2, -0.15) is 0 Å². The number of nitrogens with one attached hydrogen (secondary N) is 1. The van der Waals surface area contributed by atoms with E-state index in [2.05, 4.69) is 10.3 Å². The molecule has 0 radical (unpaired) electrons. The van der Waals surface area contributed by atoms with Gasteiger partial charge in [-0.15, -0.1) is 0 Å². The highest BCUT2D eigenvalue weighted by Gasteiger charge is 2.17. The predicted octanol–water partition coefficient (Wildman–Crippen LogP) is 0.509. The predicted molar refractivity (Wildman–Crippen MR) is 63.3 cm³/mol. The molecule has 1 N–H and O–H groups in total. The molecule has 0 fully saturated rings. The molecule has 96 valence electrons. The van der Waals surface area contributed by atoms with Crippen molar-refractivity contribution in [2.24, 2.45) is 0 Å². The van der Waals surface area contributed by atoms with Crippen LogP contribution in [0.3, 0.4) is 0 Å². The lowest BCUT2D eigenvalue weighted by Gasteiger charge is -2.04. The van der Waals surface area contributed by atoms with Crippen molar-refractivity contribution in [3.8, 4) is 0 Å². The summed E-state index contributed by atoms with van der Waals surface area (Å²) < 4.78 is 23.9. The number of hydrogen-bond donors (Lipinski definition) is 1. The smallest absolute Gasteiger partial charge is 0.280 e. The van der Waals surface area contributed by atoms with Crippen molar-refractivity contribution in [3.63, 3.8) is 0 Å². The second kappa shape index (κ2) is 5.50. The normalized spacial score (nSPS) is 11.5. The molecule has 0 atom stereocenters. The zero-order valence-electron chi connectivity index (χ0n) is 9.60. The molecule has 0 unspecified atom stereocenters. The van der Waals surface area contributed by atoms with Gasteiger partial charge in [-0.1, -0.05) is 6.92 Å². The molecular formula is C9H14ClN3O3S. The third-order valence-corrected chi connectivity index (χ3v) is 3.43. The fraction of sp³-hybridized carbons (Fsp3) is 0.556. The number of aromatic nitrogens is 2. The maximum atomic E-state index is 11.1. The van der Waals surface area contributed by atoms with E-state index < -0.39 is 9.05 Å². The van der Waals surface area contributed by atoms with Crippen LogP contribution in [0.2, 0.25) is 0 Å². The number of amides is 1. The molecule has 0 spiro atoms. The van der Waals surface area contributed by atoms with Crippen LogP contribution < -0.4 is 5.32 Å². The first-order valence-corrected chi connectivity index (χ1v) is 7.40. The van der Waals surface area contributed by atoms with Gasteiger partial charge in [0.05, 0.1) is 0 Å². The van der Waals surface area contributed by atoms with Crippen LogP contribution >= 0.6 is 10.7 Å². The minimum absolute atomic E-state index is 0.115. The van der Waals surface area contributed by atoms with E-state index in [1.165, 1.54) is 6.20 Å². The molecule has 0 aliphatic carbocycles. The molecule has 1 aromatic heterocycles. The Morgan fingerprint density at radius 2 is 2.24 bits per heavy atom. The number of rotatable bonds is 5. The van der Waals surface area contributed by atoms with E-state index >= 15 is 0 Å². The zero-order chi connectivity index (χ0) is 13.1. The minimum Gasteiger partial charge on any atom is -0.359 e. The Bertz CT molecular complexity index is 510. The Labute approximate surface area is 104 Å². The van der Waals surface area contributed by atoms with Crippen LogP contribution in [0.1, 0.15) is 19.2 Å².